The normalized spacial score (nSPS) is 24.8. The third-order valence-corrected chi connectivity index (χ3v) is 8.09. The van der Waals surface area contributed by atoms with E-state index in [9.17, 15) is 0 Å². The van der Waals surface area contributed by atoms with E-state index in [4.69, 9.17) is 0 Å². The molecule has 0 nitrogen and oxygen atoms in total. The second kappa shape index (κ2) is 9.97. The Hall–Kier alpha value is -0.530. The van der Waals surface area contributed by atoms with Crippen molar-refractivity contribution in [2.24, 2.45) is 11.8 Å². The molecule has 0 N–H and O–H groups in total. The molecule has 1 saturated carbocycles. The predicted molar refractivity (Wildman–Crippen MR) is 99.2 cm³/mol. The summed E-state index contributed by atoms with van der Waals surface area (Å²) in [5, 5.41) is 4.44. The molecule has 4 atom stereocenters. The molecule has 2 aromatic carbocycles. The molecule has 0 bridgehead atoms. The molecule has 130 valence electrons. The topological polar surface area (TPSA) is 0 Å². The first kappa shape index (κ1) is 22.5. The van der Waals surface area contributed by atoms with Crippen LogP contribution in [0.25, 0.3) is 10.8 Å². The van der Waals surface area contributed by atoms with Gasteiger partial charge in [0.05, 0.1) is 0 Å². The van der Waals surface area contributed by atoms with Crippen LogP contribution >= 0.6 is 7.92 Å². The minimum atomic E-state index is -0.0640. The van der Waals surface area contributed by atoms with Crippen LogP contribution in [0.2, 0.25) is 0 Å². The summed E-state index contributed by atoms with van der Waals surface area (Å²) in [6.07, 6.45) is 15.9. The average Bonchev–Trinajstić information content (AvgIpc) is 3.15. The fourth-order valence-corrected chi connectivity index (χ4v) is 6.95. The van der Waals surface area contributed by atoms with Crippen molar-refractivity contribution < 1.29 is 35.3 Å². The van der Waals surface area contributed by atoms with Crippen LogP contribution in [-0.2, 0) is 25.8 Å². The zero-order valence-electron chi connectivity index (χ0n) is 14.4. The minimum Gasteiger partial charge on any atom is -1.00 e. The molecule has 0 aromatic heterocycles. The summed E-state index contributed by atoms with van der Waals surface area (Å²) in [5.74, 6) is 1.43. The summed E-state index contributed by atoms with van der Waals surface area (Å²) in [6.45, 7) is 2.33. The van der Waals surface area contributed by atoms with E-state index in [1.165, 1.54) is 29.8 Å². The van der Waals surface area contributed by atoms with E-state index in [2.05, 4.69) is 74.0 Å². The summed E-state index contributed by atoms with van der Waals surface area (Å²) < 4.78 is 0. The summed E-state index contributed by atoms with van der Waals surface area (Å²) in [5.41, 5.74) is 0.786. The quantitative estimate of drug-likeness (QED) is 0.286. The Balaban J connectivity index is 0.00000104. The Bertz CT molecular complexity index is 669. The molecule has 2 aliphatic rings. The van der Waals surface area contributed by atoms with Crippen LogP contribution in [0.1, 0.15) is 19.8 Å². The van der Waals surface area contributed by atoms with Gasteiger partial charge in [0.1, 0.15) is 0 Å². The molecule has 2 aromatic rings. The van der Waals surface area contributed by atoms with Crippen LogP contribution in [0, 0.1) is 18.3 Å². The van der Waals surface area contributed by atoms with Crippen molar-refractivity contribution in [3.05, 3.63) is 67.1 Å². The van der Waals surface area contributed by atoms with Crippen molar-refractivity contribution in [1.29, 1.82) is 0 Å². The number of fused-ring (bicyclic) bond motifs is 2. The predicted octanol–water partition coefficient (Wildman–Crippen LogP) is -0.584. The van der Waals surface area contributed by atoms with E-state index in [1.807, 2.05) is 0 Å². The van der Waals surface area contributed by atoms with Crippen LogP contribution in [0.3, 0.4) is 0 Å². The SMILES string of the molecule is CCCP(c1cc2ccccc2[cH-]1)C1[CH-]C2C=CC=CC2C1.[F-].[F-].[Hf+4]. The molecule has 4 unspecified atom stereocenters. The summed E-state index contributed by atoms with van der Waals surface area (Å²) in [6, 6.07) is 13.7. The molecule has 0 heterocycles. The third-order valence-electron chi connectivity index (χ3n) is 5.05. The van der Waals surface area contributed by atoms with E-state index >= 15 is 0 Å². The maximum atomic E-state index is 2.66. The summed E-state index contributed by atoms with van der Waals surface area (Å²) in [7, 11) is -0.0640. The van der Waals surface area contributed by atoms with Gasteiger partial charge in [-0.2, -0.15) is 6.07 Å². The van der Waals surface area contributed by atoms with E-state index in [1.54, 1.807) is 5.30 Å². The maximum Gasteiger partial charge on any atom is 4.00 e. The number of allylic oxidation sites excluding steroid dienone is 4. The molecular formula is C21H23F2HfP. The Morgan fingerprint density at radius 2 is 1.88 bits per heavy atom. The van der Waals surface area contributed by atoms with Gasteiger partial charge < -0.3 is 15.8 Å². The Kier molecular flexibility index (Phi) is 8.98. The second-order valence-electron chi connectivity index (χ2n) is 6.54. The summed E-state index contributed by atoms with van der Waals surface area (Å²) in [4.78, 5) is 0. The van der Waals surface area contributed by atoms with E-state index in [0.717, 1.165) is 11.6 Å². The van der Waals surface area contributed by atoms with Crippen LogP contribution in [-0.4, -0.2) is 11.8 Å². The second-order valence-corrected chi connectivity index (χ2v) is 9.11. The molecule has 0 radical (unpaired) electrons. The smallest absolute Gasteiger partial charge is 1.00 e. The van der Waals surface area contributed by atoms with Crippen LogP contribution < -0.4 is 14.7 Å². The molecule has 0 saturated heterocycles. The van der Waals surface area contributed by atoms with Crippen LogP contribution in [0.4, 0.5) is 0 Å². The van der Waals surface area contributed by atoms with Crippen molar-refractivity contribution >= 4 is 24.0 Å². The van der Waals surface area contributed by atoms with Crippen molar-refractivity contribution in [2.45, 2.75) is 25.4 Å². The van der Waals surface area contributed by atoms with Crippen molar-refractivity contribution in [1.82, 2.24) is 0 Å². The molecule has 0 amide bonds. The van der Waals surface area contributed by atoms with Crippen LogP contribution in [0.15, 0.2) is 60.7 Å². The van der Waals surface area contributed by atoms with Gasteiger partial charge in [-0.05, 0) is 12.1 Å². The zero-order chi connectivity index (χ0) is 14.9. The van der Waals surface area contributed by atoms with Crippen molar-refractivity contribution in [3.63, 3.8) is 0 Å². The van der Waals surface area contributed by atoms with Gasteiger partial charge in [-0.1, -0.05) is 44.1 Å². The molecular weight excluding hydrogens is 500 g/mol. The monoisotopic (exact) mass is 524 g/mol. The first-order chi connectivity index (χ1) is 10.8. The van der Waals surface area contributed by atoms with Gasteiger partial charge in [0, 0.05) is 0 Å². The van der Waals surface area contributed by atoms with Gasteiger partial charge in [-0.3, -0.25) is 0 Å². The maximum absolute atomic E-state index is 2.66. The van der Waals surface area contributed by atoms with Gasteiger partial charge in [0.2, 0.25) is 0 Å². The molecule has 4 rings (SSSR count). The Labute approximate surface area is 169 Å². The van der Waals surface area contributed by atoms with Gasteiger partial charge in [-0.25, -0.2) is 0 Å². The standard InChI is InChI=1S/C21H23P.2FH.Hf/c1-2-11-22(20-12-16-7-3-4-8-17(16)13-20)21-14-18-9-5-6-10-19(18)15-21;;;/h3-10,12-14,18-19,21H,2,11,15H2,1H3;2*1H;/q-2;;;+4/p-2. The van der Waals surface area contributed by atoms with Crippen LogP contribution in [0.5, 0.6) is 0 Å². The zero-order valence-corrected chi connectivity index (χ0v) is 18.9. The number of halogens is 2. The fourth-order valence-electron chi connectivity index (χ4n) is 3.99. The van der Waals surface area contributed by atoms with Crippen molar-refractivity contribution in [2.75, 3.05) is 6.16 Å². The van der Waals surface area contributed by atoms with Gasteiger partial charge in [0.15, 0.2) is 0 Å². The third kappa shape index (κ3) is 4.61. The molecule has 2 aliphatic carbocycles. The first-order valence-electron chi connectivity index (χ1n) is 8.47. The van der Waals surface area contributed by atoms with E-state index in [0.29, 0.717) is 5.92 Å². The van der Waals surface area contributed by atoms with Crippen molar-refractivity contribution in [3.8, 4) is 0 Å². The van der Waals surface area contributed by atoms with Gasteiger partial charge >= 0.3 is 25.8 Å². The van der Waals surface area contributed by atoms with Gasteiger partial charge in [-0.15, -0.1) is 65.9 Å². The minimum absolute atomic E-state index is 0. The van der Waals surface area contributed by atoms with E-state index < -0.39 is 0 Å². The molecule has 25 heavy (non-hydrogen) atoms. The molecule has 1 fully saturated rings. The number of hydrogen-bond donors (Lipinski definition) is 0. The fraction of sp³-hybridized carbons (Fsp3) is 0.333. The molecule has 0 aliphatic heterocycles. The van der Waals surface area contributed by atoms with Gasteiger partial charge in [0.25, 0.3) is 0 Å². The first-order valence-corrected chi connectivity index (χ1v) is 10.1. The summed E-state index contributed by atoms with van der Waals surface area (Å²) >= 11 is 0. The Morgan fingerprint density at radius 1 is 1.12 bits per heavy atom. The average molecular weight is 523 g/mol. The number of benzene rings is 1. The van der Waals surface area contributed by atoms with E-state index in [-0.39, 0.29) is 43.2 Å². The molecule has 0 spiro atoms. The Morgan fingerprint density at radius 3 is 2.60 bits per heavy atom. The largest absolute Gasteiger partial charge is 4.00 e. The molecule has 4 heteroatoms. The number of hydrogen-bond acceptors (Lipinski definition) is 0. The number of rotatable bonds is 4.